The molecule has 4 fully saturated rings. The lowest BCUT2D eigenvalue weighted by atomic mass is 9.47. The summed E-state index contributed by atoms with van der Waals surface area (Å²) in [5.74, 6) is 3.53. The van der Waals surface area contributed by atoms with E-state index < -0.39 is 0 Å². The molecule has 218 valence electrons. The molecule has 0 aromatic rings. The van der Waals surface area contributed by atoms with Crippen molar-refractivity contribution in [2.24, 2.45) is 45.6 Å². The Morgan fingerprint density at radius 3 is 2.59 bits per heavy atom. The number of ether oxygens (including phenoxy) is 2. The van der Waals surface area contributed by atoms with Gasteiger partial charge in [-0.1, -0.05) is 57.0 Å². The summed E-state index contributed by atoms with van der Waals surface area (Å²) < 4.78 is 12.9. The number of rotatable bonds is 6. The largest absolute Gasteiger partial charge is 0.393 e. The molecular weight excluding hydrogens is 482 g/mol. The van der Waals surface area contributed by atoms with Gasteiger partial charge < -0.3 is 14.3 Å². The maximum atomic E-state index is 6.56. The Hall–Kier alpha value is -1.13. The molecule has 0 amide bonds. The first-order chi connectivity index (χ1) is 18.8. The van der Waals surface area contributed by atoms with Crippen molar-refractivity contribution in [3.8, 4) is 0 Å². The Morgan fingerprint density at radius 1 is 0.974 bits per heavy atom. The number of nitrogens with zero attached hydrogens (tertiary/aromatic N) is 1. The molecule has 0 aromatic carbocycles. The first kappa shape index (κ1) is 28.0. The van der Waals surface area contributed by atoms with E-state index in [-0.39, 0.29) is 18.5 Å². The van der Waals surface area contributed by atoms with Crippen molar-refractivity contribution >= 4 is 5.71 Å². The molecule has 1 aliphatic heterocycles. The van der Waals surface area contributed by atoms with Crippen LogP contribution < -0.4 is 0 Å². The van der Waals surface area contributed by atoms with Gasteiger partial charge >= 0.3 is 0 Å². The minimum absolute atomic E-state index is 0.171. The normalized spacial score (nSPS) is 46.7. The topological polar surface area (TPSA) is 40.0 Å². The minimum Gasteiger partial charge on any atom is -0.393 e. The summed E-state index contributed by atoms with van der Waals surface area (Å²) in [7, 11) is 0. The van der Waals surface area contributed by atoms with Crippen LogP contribution in [0.4, 0.5) is 0 Å². The average Bonchev–Trinajstić information content (AvgIpc) is 3.31. The predicted octanol–water partition coefficient (Wildman–Crippen LogP) is 9.00. The molecule has 6 rings (SSSR count). The Labute approximate surface area is 238 Å². The van der Waals surface area contributed by atoms with Crippen LogP contribution in [0.3, 0.4) is 0 Å². The van der Waals surface area contributed by atoms with Crippen LogP contribution in [0.5, 0.6) is 0 Å². The summed E-state index contributed by atoms with van der Waals surface area (Å²) in [6, 6.07) is 0. The highest BCUT2D eigenvalue weighted by molar-refractivity contribution is 5.85. The molecule has 6 aliphatic rings. The third kappa shape index (κ3) is 5.20. The lowest BCUT2D eigenvalue weighted by Gasteiger charge is -2.58. The van der Waals surface area contributed by atoms with Crippen LogP contribution in [-0.4, -0.2) is 30.3 Å². The summed E-state index contributed by atoms with van der Waals surface area (Å²) >= 11 is 0. The van der Waals surface area contributed by atoms with Crippen LogP contribution >= 0.6 is 0 Å². The molecule has 39 heavy (non-hydrogen) atoms. The summed E-state index contributed by atoms with van der Waals surface area (Å²) in [6.45, 7) is 11.9. The Kier molecular flexibility index (Phi) is 8.10. The maximum absolute atomic E-state index is 6.56. The number of hydrogen-bond acceptors (Lipinski definition) is 4. The highest BCUT2D eigenvalue weighted by Crippen LogP contribution is 2.66. The Balaban J connectivity index is 1.11. The fourth-order valence-electron chi connectivity index (χ4n) is 10.3. The standard InChI is InChI=1S/C35H55NO3/c1-6-32-23(2)12-17-33(38-32)37-27-18-20-34(4)25(22-27)13-14-28-30-16-15-29(35(30,5)21-19-31(28)34)24(3)36-39-26-10-8-7-9-11-26/h12-13,17,23,26-33H,6-11,14-16,18-22H2,1-5H3/b36-24+/t23-,27?,28?,29+,30?,31?,32+,33?,34-,35+/m0/s1. The van der Waals surface area contributed by atoms with Gasteiger partial charge in [-0.25, -0.2) is 0 Å². The molecule has 1 heterocycles. The molecular formula is C35H55NO3. The van der Waals surface area contributed by atoms with Crippen molar-refractivity contribution in [1.82, 2.24) is 0 Å². The smallest absolute Gasteiger partial charge is 0.177 e. The SMILES string of the molecule is CC[C@H]1OC(OC2CC[C@@]3(C)C(=CCC4C3CC[C@@]3(C)C4CC[C@@H]3/C(C)=N/OC3CCCCC3)C2)C=C[C@@H]1C. The van der Waals surface area contributed by atoms with Gasteiger partial charge in [0.15, 0.2) is 6.29 Å². The van der Waals surface area contributed by atoms with Crippen molar-refractivity contribution in [2.45, 2.75) is 149 Å². The van der Waals surface area contributed by atoms with E-state index in [2.05, 4.69) is 52.8 Å². The van der Waals surface area contributed by atoms with Crippen molar-refractivity contribution in [1.29, 1.82) is 0 Å². The van der Waals surface area contributed by atoms with Gasteiger partial charge in [-0.05, 0) is 125 Å². The number of allylic oxidation sites excluding steroid dienone is 1. The van der Waals surface area contributed by atoms with E-state index >= 15 is 0 Å². The van der Waals surface area contributed by atoms with Gasteiger partial charge in [0.1, 0.15) is 6.10 Å². The van der Waals surface area contributed by atoms with E-state index in [9.17, 15) is 0 Å². The molecule has 0 spiro atoms. The Morgan fingerprint density at radius 2 is 1.79 bits per heavy atom. The van der Waals surface area contributed by atoms with Gasteiger partial charge in [-0.15, -0.1) is 0 Å². The number of fused-ring (bicyclic) bond motifs is 5. The van der Waals surface area contributed by atoms with E-state index in [1.165, 1.54) is 76.3 Å². The van der Waals surface area contributed by atoms with Crippen LogP contribution in [-0.2, 0) is 14.3 Å². The summed E-state index contributed by atoms with van der Waals surface area (Å²) in [5.41, 5.74) is 3.69. The third-order valence-electron chi connectivity index (χ3n) is 12.7. The quantitative estimate of drug-likeness (QED) is 0.193. The molecule has 4 nitrogen and oxygen atoms in total. The minimum atomic E-state index is -0.171. The molecule has 0 radical (unpaired) electrons. The highest BCUT2D eigenvalue weighted by Gasteiger charge is 2.59. The number of hydrogen-bond donors (Lipinski definition) is 0. The first-order valence-corrected chi connectivity index (χ1v) is 16.7. The zero-order chi connectivity index (χ0) is 27.2. The van der Waals surface area contributed by atoms with E-state index in [0.717, 1.165) is 37.0 Å². The van der Waals surface area contributed by atoms with Gasteiger partial charge in [0.2, 0.25) is 0 Å². The van der Waals surface area contributed by atoms with Crippen molar-refractivity contribution in [2.75, 3.05) is 0 Å². The van der Waals surface area contributed by atoms with Gasteiger partial charge in [-0.3, -0.25) is 0 Å². The van der Waals surface area contributed by atoms with Crippen LogP contribution in [0.2, 0.25) is 0 Å². The van der Waals surface area contributed by atoms with Crippen LogP contribution in [0.1, 0.15) is 125 Å². The van der Waals surface area contributed by atoms with Crippen molar-refractivity contribution in [3.05, 3.63) is 23.8 Å². The molecule has 5 aliphatic carbocycles. The second kappa shape index (κ2) is 11.3. The van der Waals surface area contributed by atoms with E-state index in [0.29, 0.717) is 28.8 Å². The zero-order valence-corrected chi connectivity index (χ0v) is 25.5. The zero-order valence-electron chi connectivity index (χ0n) is 25.5. The van der Waals surface area contributed by atoms with E-state index in [1.807, 2.05) is 0 Å². The predicted molar refractivity (Wildman–Crippen MR) is 158 cm³/mol. The second-order valence-electron chi connectivity index (χ2n) is 14.7. The van der Waals surface area contributed by atoms with E-state index in [1.54, 1.807) is 5.57 Å². The number of oxime groups is 1. The van der Waals surface area contributed by atoms with Crippen molar-refractivity contribution < 1.29 is 14.3 Å². The van der Waals surface area contributed by atoms with Crippen LogP contribution in [0, 0.1) is 40.4 Å². The second-order valence-corrected chi connectivity index (χ2v) is 14.7. The summed E-state index contributed by atoms with van der Waals surface area (Å²) in [6.07, 6.45) is 25.4. The van der Waals surface area contributed by atoms with Gasteiger partial charge in [0.25, 0.3) is 0 Å². The van der Waals surface area contributed by atoms with Crippen LogP contribution in [0.25, 0.3) is 0 Å². The third-order valence-corrected chi connectivity index (χ3v) is 12.7. The van der Waals surface area contributed by atoms with Crippen LogP contribution in [0.15, 0.2) is 29.0 Å². The molecule has 0 bridgehead atoms. The molecule has 0 N–H and O–H groups in total. The fourth-order valence-corrected chi connectivity index (χ4v) is 10.3. The molecule has 5 unspecified atom stereocenters. The van der Waals surface area contributed by atoms with Gasteiger partial charge in [-0.2, -0.15) is 0 Å². The summed E-state index contributed by atoms with van der Waals surface area (Å²) in [4.78, 5) is 6.11. The van der Waals surface area contributed by atoms with Gasteiger partial charge in [0.05, 0.1) is 17.9 Å². The lowest BCUT2D eigenvalue weighted by molar-refractivity contribution is -0.188. The molecule has 4 saturated carbocycles. The fraction of sp³-hybridized carbons (Fsp3) is 0.857. The first-order valence-electron chi connectivity index (χ1n) is 16.7. The lowest BCUT2D eigenvalue weighted by Crippen LogP contribution is -2.51. The molecule has 10 atom stereocenters. The molecule has 0 saturated heterocycles. The van der Waals surface area contributed by atoms with Crippen molar-refractivity contribution in [3.63, 3.8) is 0 Å². The maximum Gasteiger partial charge on any atom is 0.177 e. The highest BCUT2D eigenvalue weighted by atomic mass is 16.7. The molecule has 4 heteroatoms. The van der Waals surface area contributed by atoms with E-state index in [4.69, 9.17) is 19.5 Å². The Bertz CT molecular complexity index is 965. The van der Waals surface area contributed by atoms with Gasteiger partial charge in [0, 0.05) is 11.8 Å². The summed E-state index contributed by atoms with van der Waals surface area (Å²) in [5, 5.41) is 4.80. The molecule has 0 aromatic heterocycles. The average molecular weight is 538 g/mol. The monoisotopic (exact) mass is 537 g/mol.